The van der Waals surface area contributed by atoms with Gasteiger partial charge in [0.25, 0.3) is 5.56 Å². The summed E-state index contributed by atoms with van der Waals surface area (Å²) in [7, 11) is 0. The van der Waals surface area contributed by atoms with Gasteiger partial charge in [-0.25, -0.2) is 14.6 Å². The minimum absolute atomic E-state index is 0.280. The van der Waals surface area contributed by atoms with Gasteiger partial charge in [-0.2, -0.15) is 0 Å². The van der Waals surface area contributed by atoms with Crippen LogP contribution in [-0.2, 0) is 24.1 Å². The van der Waals surface area contributed by atoms with Gasteiger partial charge >= 0.3 is 11.9 Å². The van der Waals surface area contributed by atoms with E-state index in [2.05, 4.69) is 9.97 Å². The molecule has 9 heteroatoms. The lowest BCUT2D eigenvalue weighted by Gasteiger charge is -2.19. The molecule has 2 aromatic heterocycles. The van der Waals surface area contributed by atoms with E-state index in [-0.39, 0.29) is 17.4 Å². The van der Waals surface area contributed by atoms with Crippen molar-refractivity contribution in [3.8, 4) is 0 Å². The van der Waals surface area contributed by atoms with Crippen LogP contribution in [0.25, 0.3) is 10.2 Å². The predicted molar refractivity (Wildman–Crippen MR) is 119 cm³/mol. The van der Waals surface area contributed by atoms with Gasteiger partial charge in [0.2, 0.25) is 5.82 Å². The number of thiophene rings is 1. The SMILES string of the molecule is CC(C)(C)OC(=O)c1ccc(CN)cc1.O=C(O)c1nc2sc3c(c2c(=O)[nH]1)CCC3. The van der Waals surface area contributed by atoms with Crippen LogP contribution in [-0.4, -0.2) is 32.6 Å². The summed E-state index contributed by atoms with van der Waals surface area (Å²) in [6.07, 6.45) is 2.93. The van der Waals surface area contributed by atoms with Crippen LogP contribution in [0.5, 0.6) is 0 Å². The van der Waals surface area contributed by atoms with Gasteiger partial charge in [0.1, 0.15) is 10.4 Å². The molecule has 0 radical (unpaired) electrons. The summed E-state index contributed by atoms with van der Waals surface area (Å²) < 4.78 is 5.23. The van der Waals surface area contributed by atoms with Crippen molar-refractivity contribution in [3.63, 3.8) is 0 Å². The van der Waals surface area contributed by atoms with E-state index in [4.69, 9.17) is 15.6 Å². The number of aryl methyl sites for hydroxylation is 2. The van der Waals surface area contributed by atoms with Crippen molar-refractivity contribution in [1.82, 2.24) is 9.97 Å². The highest BCUT2D eigenvalue weighted by Crippen LogP contribution is 2.34. The van der Waals surface area contributed by atoms with Crippen molar-refractivity contribution in [2.45, 2.75) is 52.2 Å². The molecule has 0 unspecified atom stereocenters. The molecule has 0 aliphatic heterocycles. The Morgan fingerprint density at radius 2 is 1.90 bits per heavy atom. The Bertz CT molecular complexity index is 1170. The Hall–Kier alpha value is -3.04. The van der Waals surface area contributed by atoms with E-state index in [1.165, 1.54) is 16.2 Å². The first-order valence-electron chi connectivity index (χ1n) is 9.89. The number of nitrogens with two attached hydrogens (primary N) is 1. The van der Waals surface area contributed by atoms with Crippen molar-refractivity contribution in [3.05, 3.63) is 62.0 Å². The minimum atomic E-state index is -1.20. The van der Waals surface area contributed by atoms with Crippen LogP contribution >= 0.6 is 11.3 Å². The lowest BCUT2D eigenvalue weighted by Crippen LogP contribution is -2.23. The van der Waals surface area contributed by atoms with Crippen LogP contribution in [0.2, 0.25) is 0 Å². The number of nitrogens with zero attached hydrogens (tertiary/aromatic N) is 1. The van der Waals surface area contributed by atoms with Crippen molar-refractivity contribution >= 4 is 33.5 Å². The molecule has 4 rings (SSSR count). The summed E-state index contributed by atoms with van der Waals surface area (Å²) in [4.78, 5) is 42.1. The largest absolute Gasteiger partial charge is 0.475 e. The molecule has 0 amide bonds. The lowest BCUT2D eigenvalue weighted by molar-refractivity contribution is 0.00693. The van der Waals surface area contributed by atoms with E-state index < -0.39 is 11.6 Å². The molecule has 8 nitrogen and oxygen atoms in total. The predicted octanol–water partition coefficient (Wildman–Crippen LogP) is 3.27. The molecule has 0 bridgehead atoms. The van der Waals surface area contributed by atoms with Gasteiger partial charge in [-0.3, -0.25) is 4.79 Å². The fourth-order valence-corrected chi connectivity index (χ4v) is 4.48. The Labute approximate surface area is 183 Å². The first-order chi connectivity index (χ1) is 14.6. The summed E-state index contributed by atoms with van der Waals surface area (Å²) in [6.45, 7) is 6.02. The van der Waals surface area contributed by atoms with E-state index >= 15 is 0 Å². The third kappa shape index (κ3) is 5.36. The molecule has 0 spiro atoms. The molecule has 164 valence electrons. The van der Waals surface area contributed by atoms with Crippen LogP contribution in [0, 0.1) is 0 Å². The average molecular weight is 444 g/mol. The Kier molecular flexibility index (Phi) is 6.56. The van der Waals surface area contributed by atoms with Crippen molar-refractivity contribution < 1.29 is 19.4 Å². The highest BCUT2D eigenvalue weighted by molar-refractivity contribution is 7.18. The molecule has 1 aromatic carbocycles. The highest BCUT2D eigenvalue weighted by Gasteiger charge is 2.22. The number of carboxylic acids is 1. The number of H-pyrrole nitrogens is 1. The average Bonchev–Trinajstić information content (AvgIpc) is 3.28. The van der Waals surface area contributed by atoms with Gasteiger partial charge in [0.05, 0.1) is 10.9 Å². The second kappa shape index (κ2) is 8.99. The van der Waals surface area contributed by atoms with E-state index in [0.717, 1.165) is 30.4 Å². The number of ether oxygens (including phenoxy) is 1. The number of aromatic carboxylic acids is 1. The molecule has 3 aromatic rings. The monoisotopic (exact) mass is 443 g/mol. The zero-order chi connectivity index (χ0) is 22.8. The fraction of sp³-hybridized carbons (Fsp3) is 0.364. The first-order valence-corrected chi connectivity index (χ1v) is 10.7. The molecule has 1 aliphatic carbocycles. The molecule has 2 heterocycles. The molecule has 1 aliphatic rings. The molecule has 0 atom stereocenters. The number of aromatic nitrogens is 2. The van der Waals surface area contributed by atoms with E-state index in [0.29, 0.717) is 22.3 Å². The number of carbonyl (C=O) groups is 2. The normalized spacial score (nSPS) is 12.8. The van der Waals surface area contributed by atoms with E-state index in [1.54, 1.807) is 12.1 Å². The van der Waals surface area contributed by atoms with Crippen LogP contribution in [0.4, 0.5) is 0 Å². The minimum Gasteiger partial charge on any atom is -0.475 e. The zero-order valence-corrected chi connectivity index (χ0v) is 18.5. The number of benzene rings is 1. The van der Waals surface area contributed by atoms with Crippen molar-refractivity contribution in [2.24, 2.45) is 5.73 Å². The maximum atomic E-state index is 11.8. The molecular weight excluding hydrogens is 418 g/mol. The zero-order valence-electron chi connectivity index (χ0n) is 17.7. The summed E-state index contributed by atoms with van der Waals surface area (Å²) in [5.74, 6) is -1.78. The molecule has 0 saturated heterocycles. The van der Waals surface area contributed by atoms with Crippen LogP contribution in [0.15, 0.2) is 29.1 Å². The Balaban J connectivity index is 0.000000176. The number of esters is 1. The number of rotatable bonds is 3. The molecule has 4 N–H and O–H groups in total. The van der Waals surface area contributed by atoms with Gasteiger partial charge in [-0.1, -0.05) is 12.1 Å². The third-order valence-corrected chi connectivity index (χ3v) is 5.79. The second-order valence-corrected chi connectivity index (χ2v) is 9.24. The lowest BCUT2D eigenvalue weighted by atomic mass is 10.1. The van der Waals surface area contributed by atoms with E-state index in [1.807, 2.05) is 32.9 Å². The maximum Gasteiger partial charge on any atom is 0.372 e. The third-order valence-electron chi connectivity index (χ3n) is 4.60. The number of aromatic amines is 1. The van der Waals surface area contributed by atoms with Gasteiger partial charge < -0.3 is 20.6 Å². The Morgan fingerprint density at radius 1 is 1.23 bits per heavy atom. The Morgan fingerprint density at radius 3 is 2.48 bits per heavy atom. The fourth-order valence-electron chi connectivity index (χ4n) is 3.22. The number of hydrogen-bond acceptors (Lipinski definition) is 7. The summed E-state index contributed by atoms with van der Waals surface area (Å²) in [5.41, 5.74) is 7.30. The number of nitrogens with one attached hydrogen (secondary N) is 1. The van der Waals surface area contributed by atoms with Gasteiger partial charge in [-0.15, -0.1) is 11.3 Å². The number of carboxylic acid groups (broad SMARTS) is 1. The smallest absolute Gasteiger partial charge is 0.372 e. The highest BCUT2D eigenvalue weighted by atomic mass is 32.1. The molecule has 31 heavy (non-hydrogen) atoms. The second-order valence-electron chi connectivity index (χ2n) is 8.16. The quantitative estimate of drug-likeness (QED) is 0.529. The van der Waals surface area contributed by atoms with Crippen LogP contribution < -0.4 is 11.3 Å². The number of carbonyl (C=O) groups excluding carboxylic acids is 1. The van der Waals surface area contributed by atoms with E-state index in [9.17, 15) is 14.4 Å². The summed E-state index contributed by atoms with van der Waals surface area (Å²) in [5, 5.41) is 9.37. The van der Waals surface area contributed by atoms with Crippen molar-refractivity contribution in [1.29, 1.82) is 0 Å². The molecular formula is C22H25N3O5S. The maximum absolute atomic E-state index is 11.8. The number of hydrogen-bond donors (Lipinski definition) is 3. The van der Waals surface area contributed by atoms with Crippen molar-refractivity contribution in [2.75, 3.05) is 0 Å². The molecule has 0 saturated carbocycles. The molecule has 0 fully saturated rings. The number of fused-ring (bicyclic) bond motifs is 3. The van der Waals surface area contributed by atoms with Crippen LogP contribution in [0.1, 0.15) is 64.2 Å². The topological polar surface area (TPSA) is 135 Å². The summed E-state index contributed by atoms with van der Waals surface area (Å²) >= 11 is 1.44. The summed E-state index contributed by atoms with van der Waals surface area (Å²) in [6, 6.07) is 7.13. The van der Waals surface area contributed by atoms with Gasteiger partial charge in [0.15, 0.2) is 0 Å². The van der Waals surface area contributed by atoms with Gasteiger partial charge in [-0.05, 0) is 63.3 Å². The van der Waals surface area contributed by atoms with Crippen LogP contribution in [0.3, 0.4) is 0 Å². The first kappa shape index (κ1) is 22.6. The standard InChI is InChI=1S/C12H17NO2.C10H8N2O3S/c1-12(2,3)15-11(14)10-6-4-9(8-13)5-7-10;13-8-6-4-2-1-3-5(4)16-9(6)12-7(11-8)10(14)15/h4-7H,8,13H2,1-3H3;1-3H2,(H,14,15)(H,11,12,13). The van der Waals surface area contributed by atoms with Gasteiger partial charge in [0, 0.05) is 11.4 Å².